The molecule has 5 nitrogen and oxygen atoms in total. The Morgan fingerprint density at radius 3 is 2.39 bits per heavy atom. The number of amides is 2. The zero-order valence-electron chi connectivity index (χ0n) is 11.9. The van der Waals surface area contributed by atoms with Crippen LogP contribution in [0.15, 0.2) is 0 Å². The lowest BCUT2D eigenvalue weighted by Crippen LogP contribution is -2.51. The Bertz CT molecular complexity index is 299. The van der Waals surface area contributed by atoms with E-state index >= 15 is 0 Å². The van der Waals surface area contributed by atoms with E-state index in [0.29, 0.717) is 6.04 Å². The number of nitrogens with one attached hydrogen (secondary N) is 1. The van der Waals surface area contributed by atoms with Crippen molar-refractivity contribution in [3.05, 3.63) is 0 Å². The second-order valence-corrected chi connectivity index (χ2v) is 5.04. The van der Waals surface area contributed by atoms with Crippen molar-refractivity contribution in [3.63, 3.8) is 0 Å². The molecule has 5 heteroatoms. The Morgan fingerprint density at radius 1 is 1.39 bits per heavy atom. The molecule has 1 aliphatic rings. The molecular weight excluding hydrogens is 230 g/mol. The standard InChI is InChI=1S/C13H25N3O2/c1-5-16-8-6-12(7-9-16)15(4)13(18)10(2)14-11(3)17/h10,12H,5-9H2,1-4H3,(H,14,17). The van der Waals surface area contributed by atoms with Crippen LogP contribution in [0, 0.1) is 0 Å². The molecule has 1 atom stereocenters. The first-order valence-corrected chi connectivity index (χ1v) is 6.71. The molecular formula is C13H25N3O2. The molecule has 0 radical (unpaired) electrons. The number of likely N-dealkylation sites (N-methyl/N-ethyl adjacent to an activating group) is 1. The lowest BCUT2D eigenvalue weighted by molar-refractivity contribution is -0.137. The summed E-state index contributed by atoms with van der Waals surface area (Å²) < 4.78 is 0. The van der Waals surface area contributed by atoms with Crippen LogP contribution in [-0.4, -0.2) is 60.4 Å². The van der Waals surface area contributed by atoms with Crippen LogP contribution in [0.4, 0.5) is 0 Å². The first kappa shape index (κ1) is 15.0. The highest BCUT2D eigenvalue weighted by molar-refractivity contribution is 5.86. The van der Waals surface area contributed by atoms with E-state index in [0.717, 1.165) is 32.5 Å². The van der Waals surface area contributed by atoms with Gasteiger partial charge in [0.05, 0.1) is 0 Å². The van der Waals surface area contributed by atoms with Crippen molar-refractivity contribution < 1.29 is 9.59 Å². The molecule has 1 heterocycles. The fourth-order valence-corrected chi connectivity index (χ4v) is 2.47. The zero-order valence-corrected chi connectivity index (χ0v) is 11.9. The van der Waals surface area contributed by atoms with E-state index in [1.54, 1.807) is 11.8 Å². The van der Waals surface area contributed by atoms with Crippen LogP contribution < -0.4 is 5.32 Å². The van der Waals surface area contributed by atoms with Gasteiger partial charge in [-0.25, -0.2) is 0 Å². The van der Waals surface area contributed by atoms with Crippen molar-refractivity contribution in [3.8, 4) is 0 Å². The van der Waals surface area contributed by atoms with E-state index in [1.807, 2.05) is 7.05 Å². The normalized spacial score (nSPS) is 19.3. The van der Waals surface area contributed by atoms with Gasteiger partial charge in [-0.3, -0.25) is 9.59 Å². The van der Waals surface area contributed by atoms with E-state index in [9.17, 15) is 9.59 Å². The number of rotatable bonds is 4. The Hall–Kier alpha value is -1.10. The highest BCUT2D eigenvalue weighted by Gasteiger charge is 2.27. The number of carbonyl (C=O) groups is 2. The molecule has 1 saturated heterocycles. The number of likely N-dealkylation sites (tertiary alicyclic amines) is 1. The predicted octanol–water partition coefficient (Wildman–Crippen LogP) is 0.454. The maximum absolute atomic E-state index is 12.1. The van der Waals surface area contributed by atoms with Crippen molar-refractivity contribution in [2.45, 2.75) is 45.7 Å². The monoisotopic (exact) mass is 255 g/mol. The summed E-state index contributed by atoms with van der Waals surface area (Å²) in [4.78, 5) is 27.3. The van der Waals surface area contributed by atoms with Crippen LogP contribution in [0.5, 0.6) is 0 Å². The first-order valence-electron chi connectivity index (χ1n) is 6.71. The highest BCUT2D eigenvalue weighted by Crippen LogP contribution is 2.15. The van der Waals surface area contributed by atoms with E-state index in [-0.39, 0.29) is 11.8 Å². The number of hydrogen-bond acceptors (Lipinski definition) is 3. The fourth-order valence-electron chi connectivity index (χ4n) is 2.47. The van der Waals surface area contributed by atoms with Crippen LogP contribution in [0.3, 0.4) is 0 Å². The molecule has 0 saturated carbocycles. The molecule has 1 rings (SSSR count). The average Bonchev–Trinajstić information content (AvgIpc) is 2.36. The van der Waals surface area contributed by atoms with Crippen LogP contribution >= 0.6 is 0 Å². The Morgan fingerprint density at radius 2 is 1.94 bits per heavy atom. The summed E-state index contributed by atoms with van der Waals surface area (Å²) in [6.07, 6.45) is 2.03. The second-order valence-electron chi connectivity index (χ2n) is 5.04. The lowest BCUT2D eigenvalue weighted by atomic mass is 10.0. The molecule has 0 aromatic carbocycles. The van der Waals surface area contributed by atoms with Gasteiger partial charge in [-0.15, -0.1) is 0 Å². The molecule has 1 aliphatic heterocycles. The van der Waals surface area contributed by atoms with Gasteiger partial charge in [0.2, 0.25) is 11.8 Å². The van der Waals surface area contributed by atoms with Crippen LogP contribution in [0.1, 0.15) is 33.6 Å². The van der Waals surface area contributed by atoms with E-state index < -0.39 is 6.04 Å². The predicted molar refractivity (Wildman–Crippen MR) is 71.2 cm³/mol. The molecule has 0 spiro atoms. The molecule has 0 bridgehead atoms. The van der Waals surface area contributed by atoms with E-state index in [4.69, 9.17) is 0 Å². The molecule has 0 aromatic heterocycles. The third-order valence-electron chi connectivity index (χ3n) is 3.69. The van der Waals surface area contributed by atoms with Gasteiger partial charge >= 0.3 is 0 Å². The third kappa shape index (κ3) is 3.98. The van der Waals surface area contributed by atoms with Crippen LogP contribution in [0.2, 0.25) is 0 Å². The van der Waals surface area contributed by atoms with E-state index in [2.05, 4.69) is 17.1 Å². The third-order valence-corrected chi connectivity index (χ3v) is 3.69. The summed E-state index contributed by atoms with van der Waals surface area (Å²) in [6, 6.07) is -0.131. The van der Waals surface area contributed by atoms with Crippen molar-refractivity contribution in [2.75, 3.05) is 26.7 Å². The minimum atomic E-state index is -0.434. The number of carbonyl (C=O) groups excluding carboxylic acids is 2. The maximum Gasteiger partial charge on any atom is 0.244 e. The quantitative estimate of drug-likeness (QED) is 0.794. The van der Waals surface area contributed by atoms with Gasteiger partial charge in [-0.05, 0) is 26.3 Å². The van der Waals surface area contributed by atoms with Crippen molar-refractivity contribution in [1.82, 2.24) is 15.1 Å². The molecule has 1 N–H and O–H groups in total. The summed E-state index contributed by atoms with van der Waals surface area (Å²) in [7, 11) is 1.84. The van der Waals surface area contributed by atoms with Crippen LogP contribution in [-0.2, 0) is 9.59 Å². The van der Waals surface area contributed by atoms with Crippen molar-refractivity contribution >= 4 is 11.8 Å². The Kier molecular flexibility index (Phi) is 5.59. The Labute approximate surface area is 110 Å². The minimum Gasteiger partial charge on any atom is -0.345 e. The highest BCUT2D eigenvalue weighted by atomic mass is 16.2. The summed E-state index contributed by atoms with van der Waals surface area (Å²) in [5.41, 5.74) is 0. The number of nitrogens with zero attached hydrogens (tertiary/aromatic N) is 2. The van der Waals surface area contributed by atoms with Gasteiger partial charge in [0, 0.05) is 33.1 Å². The number of hydrogen-bond donors (Lipinski definition) is 1. The zero-order chi connectivity index (χ0) is 13.7. The van der Waals surface area contributed by atoms with E-state index in [1.165, 1.54) is 6.92 Å². The molecule has 18 heavy (non-hydrogen) atoms. The van der Waals surface area contributed by atoms with Gasteiger partial charge in [-0.1, -0.05) is 6.92 Å². The summed E-state index contributed by atoms with van der Waals surface area (Å²) in [5.74, 6) is -0.162. The van der Waals surface area contributed by atoms with Crippen LogP contribution in [0.25, 0.3) is 0 Å². The van der Waals surface area contributed by atoms with Gasteiger partial charge in [0.15, 0.2) is 0 Å². The average molecular weight is 255 g/mol. The smallest absolute Gasteiger partial charge is 0.244 e. The molecule has 0 aromatic rings. The molecule has 0 aliphatic carbocycles. The largest absolute Gasteiger partial charge is 0.345 e. The van der Waals surface area contributed by atoms with Gasteiger partial charge in [-0.2, -0.15) is 0 Å². The summed E-state index contributed by atoms with van der Waals surface area (Å²) >= 11 is 0. The fraction of sp³-hybridized carbons (Fsp3) is 0.846. The summed E-state index contributed by atoms with van der Waals surface area (Å²) in [6.45, 7) is 8.51. The molecule has 2 amide bonds. The maximum atomic E-state index is 12.1. The number of piperidine rings is 1. The minimum absolute atomic E-state index is 0.000137. The SMILES string of the molecule is CCN1CCC(N(C)C(=O)C(C)NC(C)=O)CC1. The molecule has 104 valence electrons. The van der Waals surface area contributed by atoms with Gasteiger partial charge in [0.1, 0.15) is 6.04 Å². The van der Waals surface area contributed by atoms with Crippen molar-refractivity contribution in [2.24, 2.45) is 0 Å². The van der Waals surface area contributed by atoms with Gasteiger partial charge in [0.25, 0.3) is 0 Å². The van der Waals surface area contributed by atoms with Gasteiger partial charge < -0.3 is 15.1 Å². The Balaban J connectivity index is 2.46. The second kappa shape index (κ2) is 6.73. The topological polar surface area (TPSA) is 52.6 Å². The molecule has 1 unspecified atom stereocenters. The van der Waals surface area contributed by atoms with Crippen molar-refractivity contribution in [1.29, 1.82) is 0 Å². The molecule has 1 fully saturated rings. The lowest BCUT2D eigenvalue weighted by Gasteiger charge is -2.37. The first-order chi connectivity index (χ1) is 8.45. The summed E-state index contributed by atoms with van der Waals surface area (Å²) in [5, 5.41) is 2.64.